The normalized spacial score (nSPS) is 20.4. The van der Waals surface area contributed by atoms with Crippen LogP contribution in [0.15, 0.2) is 0 Å². The summed E-state index contributed by atoms with van der Waals surface area (Å²) in [6.45, 7) is 3.59. The summed E-state index contributed by atoms with van der Waals surface area (Å²) in [6, 6.07) is 0. The van der Waals surface area contributed by atoms with Crippen LogP contribution >= 0.6 is 0 Å². The van der Waals surface area contributed by atoms with Crippen LogP contribution in [0.5, 0.6) is 0 Å². The van der Waals surface area contributed by atoms with Crippen molar-refractivity contribution in [1.29, 1.82) is 0 Å². The van der Waals surface area contributed by atoms with Crippen molar-refractivity contribution in [1.82, 2.24) is 0 Å². The first-order valence-corrected chi connectivity index (χ1v) is 6.92. The molecule has 20 heavy (non-hydrogen) atoms. The van der Waals surface area contributed by atoms with Crippen molar-refractivity contribution >= 4 is 11.9 Å². The number of esters is 2. The Balaban J connectivity index is 2.78. The molecule has 1 aliphatic carbocycles. The quantitative estimate of drug-likeness (QED) is 0.305. The van der Waals surface area contributed by atoms with Gasteiger partial charge in [0, 0.05) is 11.3 Å². The minimum absolute atomic E-state index is 0.0192. The van der Waals surface area contributed by atoms with Crippen molar-refractivity contribution in [2.24, 2.45) is 11.3 Å². The summed E-state index contributed by atoms with van der Waals surface area (Å²) in [4.78, 5) is 34.3. The molecule has 114 valence electrons. The van der Waals surface area contributed by atoms with Gasteiger partial charge in [-0.3, -0.25) is 19.7 Å². The molecule has 7 nitrogen and oxygen atoms in total. The smallest absolute Gasteiger partial charge is 0.323 e. The summed E-state index contributed by atoms with van der Waals surface area (Å²) >= 11 is 0. The average Bonchev–Trinajstić information content (AvgIpc) is 2.82. The lowest BCUT2D eigenvalue weighted by Gasteiger charge is -2.24. The maximum atomic E-state index is 12.1. The van der Waals surface area contributed by atoms with Crippen molar-refractivity contribution in [2.75, 3.05) is 19.8 Å². The summed E-state index contributed by atoms with van der Waals surface area (Å²) in [6.07, 6.45) is 1.59. The fourth-order valence-electron chi connectivity index (χ4n) is 2.67. The number of rotatable bonds is 7. The monoisotopic (exact) mass is 287 g/mol. The van der Waals surface area contributed by atoms with Crippen LogP contribution in [0.4, 0.5) is 0 Å². The molecular formula is C13H21NO6. The largest absolute Gasteiger partial charge is 0.465 e. The molecule has 0 saturated heterocycles. The molecule has 1 aliphatic rings. The second-order valence-corrected chi connectivity index (χ2v) is 4.98. The number of carbonyl (C=O) groups is 2. The minimum Gasteiger partial charge on any atom is -0.465 e. The van der Waals surface area contributed by atoms with Crippen molar-refractivity contribution in [2.45, 2.75) is 39.5 Å². The van der Waals surface area contributed by atoms with Gasteiger partial charge in [0.05, 0.1) is 13.2 Å². The van der Waals surface area contributed by atoms with Crippen molar-refractivity contribution < 1.29 is 24.0 Å². The molecule has 0 aliphatic heterocycles. The van der Waals surface area contributed by atoms with Gasteiger partial charge in [-0.2, -0.15) is 0 Å². The molecule has 0 amide bonds. The van der Waals surface area contributed by atoms with E-state index in [0.717, 1.165) is 0 Å². The molecule has 0 N–H and O–H groups in total. The highest BCUT2D eigenvalue weighted by Crippen LogP contribution is 2.45. The predicted molar refractivity (Wildman–Crippen MR) is 69.5 cm³/mol. The summed E-state index contributed by atoms with van der Waals surface area (Å²) in [5.74, 6) is -1.15. The van der Waals surface area contributed by atoms with Crippen LogP contribution in [0.2, 0.25) is 0 Å². The van der Waals surface area contributed by atoms with Crippen molar-refractivity contribution in [3.63, 3.8) is 0 Å². The van der Waals surface area contributed by atoms with Gasteiger partial charge in [-0.1, -0.05) is 0 Å². The first-order chi connectivity index (χ1) is 9.46. The fraction of sp³-hybridized carbons (Fsp3) is 0.846. The van der Waals surface area contributed by atoms with Gasteiger partial charge in [0.2, 0.25) is 6.54 Å². The number of carbonyl (C=O) groups excluding carboxylic acids is 2. The Morgan fingerprint density at radius 2 is 1.80 bits per heavy atom. The highest BCUT2D eigenvalue weighted by atomic mass is 16.6. The fourth-order valence-corrected chi connectivity index (χ4v) is 2.67. The van der Waals surface area contributed by atoms with Crippen LogP contribution in [0.3, 0.4) is 0 Å². The van der Waals surface area contributed by atoms with E-state index in [9.17, 15) is 19.7 Å². The second kappa shape index (κ2) is 7.21. The van der Waals surface area contributed by atoms with Gasteiger partial charge in [-0.15, -0.1) is 0 Å². The van der Waals surface area contributed by atoms with E-state index in [1.807, 2.05) is 0 Å². The van der Waals surface area contributed by atoms with Crippen LogP contribution in [0.25, 0.3) is 0 Å². The van der Waals surface area contributed by atoms with Gasteiger partial charge in [0.15, 0.2) is 5.41 Å². The van der Waals surface area contributed by atoms with Gasteiger partial charge >= 0.3 is 11.9 Å². The highest BCUT2D eigenvalue weighted by molar-refractivity contribution is 6.00. The summed E-state index contributed by atoms with van der Waals surface area (Å²) in [5.41, 5.74) is -1.27. The zero-order chi connectivity index (χ0) is 15.2. The maximum absolute atomic E-state index is 12.1. The van der Waals surface area contributed by atoms with E-state index >= 15 is 0 Å². The Labute approximate surface area is 117 Å². The molecule has 0 aromatic rings. The number of nitro groups is 1. The molecule has 1 atom stereocenters. The molecule has 0 aromatic heterocycles. The van der Waals surface area contributed by atoms with Crippen molar-refractivity contribution in [3.8, 4) is 0 Å². The molecule has 1 unspecified atom stereocenters. The van der Waals surface area contributed by atoms with E-state index in [-0.39, 0.29) is 37.0 Å². The number of hydrogen-bond donors (Lipinski definition) is 0. The molecule has 1 rings (SSSR count). The number of ether oxygens (including phenoxy) is 2. The predicted octanol–water partition coefficient (Wildman–Crippen LogP) is 1.57. The Kier molecular flexibility index (Phi) is 5.91. The van der Waals surface area contributed by atoms with E-state index in [2.05, 4.69) is 0 Å². The lowest BCUT2D eigenvalue weighted by atomic mass is 9.84. The lowest BCUT2D eigenvalue weighted by Crippen LogP contribution is -2.40. The van der Waals surface area contributed by atoms with E-state index < -0.39 is 17.4 Å². The first-order valence-electron chi connectivity index (χ1n) is 6.92. The van der Waals surface area contributed by atoms with Gasteiger partial charge in [-0.25, -0.2) is 0 Å². The SMILES string of the molecule is CCOC(=O)C1(C(=O)OCC)CCC(CC[N+](=O)[O-])C1. The molecule has 1 saturated carbocycles. The van der Waals surface area contributed by atoms with E-state index in [1.54, 1.807) is 13.8 Å². The van der Waals surface area contributed by atoms with E-state index in [0.29, 0.717) is 19.3 Å². The number of nitrogens with zero attached hydrogens (tertiary/aromatic N) is 1. The Morgan fingerprint density at radius 3 is 2.25 bits per heavy atom. The third-order valence-electron chi connectivity index (χ3n) is 3.67. The maximum Gasteiger partial charge on any atom is 0.323 e. The molecular weight excluding hydrogens is 266 g/mol. The Morgan fingerprint density at radius 1 is 1.25 bits per heavy atom. The van der Waals surface area contributed by atoms with E-state index in [4.69, 9.17) is 9.47 Å². The molecule has 1 fully saturated rings. The minimum atomic E-state index is -1.27. The molecule has 0 bridgehead atoms. The van der Waals surface area contributed by atoms with Gasteiger partial charge in [-0.05, 0) is 39.0 Å². The zero-order valence-corrected chi connectivity index (χ0v) is 11.9. The molecule has 0 radical (unpaired) electrons. The molecule has 0 spiro atoms. The van der Waals surface area contributed by atoms with Crippen molar-refractivity contribution in [3.05, 3.63) is 10.1 Å². The third-order valence-corrected chi connectivity index (χ3v) is 3.67. The number of hydrogen-bond acceptors (Lipinski definition) is 6. The summed E-state index contributed by atoms with van der Waals surface area (Å²) < 4.78 is 9.99. The lowest BCUT2D eigenvalue weighted by molar-refractivity contribution is -0.481. The topological polar surface area (TPSA) is 95.7 Å². The van der Waals surface area contributed by atoms with Gasteiger partial charge < -0.3 is 9.47 Å². The first kappa shape index (κ1) is 16.4. The summed E-state index contributed by atoms with van der Waals surface area (Å²) in [5, 5.41) is 10.4. The van der Waals surface area contributed by atoms with Crippen LogP contribution in [-0.4, -0.2) is 36.6 Å². The third kappa shape index (κ3) is 3.68. The van der Waals surface area contributed by atoms with Gasteiger partial charge in [0.25, 0.3) is 0 Å². The average molecular weight is 287 g/mol. The van der Waals surface area contributed by atoms with Crippen LogP contribution in [-0.2, 0) is 19.1 Å². The highest BCUT2D eigenvalue weighted by Gasteiger charge is 2.53. The summed E-state index contributed by atoms with van der Waals surface area (Å²) in [7, 11) is 0. The van der Waals surface area contributed by atoms with Crippen LogP contribution < -0.4 is 0 Å². The molecule has 0 heterocycles. The Hall–Kier alpha value is -1.66. The van der Waals surface area contributed by atoms with Crippen LogP contribution in [0.1, 0.15) is 39.5 Å². The van der Waals surface area contributed by atoms with Crippen LogP contribution in [0, 0.1) is 21.4 Å². The second-order valence-electron chi connectivity index (χ2n) is 4.98. The van der Waals surface area contributed by atoms with Gasteiger partial charge in [0.1, 0.15) is 0 Å². The zero-order valence-electron chi connectivity index (χ0n) is 11.9. The molecule has 0 aromatic carbocycles. The molecule has 7 heteroatoms. The standard InChI is InChI=1S/C13H21NO6/c1-3-19-11(15)13(12(16)20-4-2)7-5-10(9-13)6-8-14(17)18/h10H,3-9H2,1-2H3. The van der Waals surface area contributed by atoms with E-state index in [1.165, 1.54) is 0 Å². The Bertz CT molecular complexity index is 363.